The van der Waals surface area contributed by atoms with Gasteiger partial charge in [-0.05, 0) is 6.42 Å². The van der Waals surface area contributed by atoms with Gasteiger partial charge >= 0.3 is 23.9 Å². The van der Waals surface area contributed by atoms with Crippen molar-refractivity contribution in [2.24, 2.45) is 17.8 Å². The molecule has 0 aromatic rings. The minimum Gasteiger partial charge on any atom is -0.392 e. The molecular weight excluding hydrogens is 216 g/mol. The summed E-state index contributed by atoms with van der Waals surface area (Å²) in [6, 6.07) is 0. The van der Waals surface area contributed by atoms with Gasteiger partial charge in [-0.25, -0.2) is 4.79 Å². The average Bonchev–Trinajstić information content (AvgIpc) is 2.67. The highest BCUT2D eigenvalue weighted by Crippen LogP contribution is 2.41. The zero-order valence-corrected chi connectivity index (χ0v) is 7.97. The highest BCUT2D eigenvalue weighted by Gasteiger charge is 2.53. The van der Waals surface area contributed by atoms with Crippen molar-refractivity contribution in [3.8, 4) is 0 Å². The van der Waals surface area contributed by atoms with Crippen LogP contribution in [0, 0.1) is 17.8 Å². The van der Waals surface area contributed by atoms with Crippen LogP contribution in [0.2, 0.25) is 0 Å². The Bertz CT molecular complexity index is 474. The molecule has 1 aliphatic carbocycles. The second kappa shape index (κ2) is 2.78. The van der Waals surface area contributed by atoms with Crippen molar-refractivity contribution < 1.29 is 28.7 Å². The first-order valence-electron chi connectivity index (χ1n) is 4.81. The maximum Gasteiger partial charge on any atom is 0.342 e. The molecule has 0 spiro atoms. The minimum absolute atomic E-state index is 0.117. The van der Waals surface area contributed by atoms with Gasteiger partial charge in [0.1, 0.15) is 0 Å². The van der Waals surface area contributed by atoms with Crippen LogP contribution in [0.1, 0.15) is 6.42 Å². The first-order valence-corrected chi connectivity index (χ1v) is 4.81. The van der Waals surface area contributed by atoms with Gasteiger partial charge < -0.3 is 9.47 Å². The average molecular weight is 222 g/mol. The summed E-state index contributed by atoms with van der Waals surface area (Å²) in [5, 5.41) is 0. The van der Waals surface area contributed by atoms with Crippen molar-refractivity contribution in [3.05, 3.63) is 11.6 Å². The lowest BCUT2D eigenvalue weighted by atomic mass is 9.77. The quantitative estimate of drug-likeness (QED) is 0.399. The number of fused-ring (bicyclic) bond motifs is 2. The number of cyclic esters (lactones) is 4. The summed E-state index contributed by atoms with van der Waals surface area (Å²) in [4.78, 5) is 45.1. The Morgan fingerprint density at radius 3 is 2.50 bits per heavy atom. The van der Waals surface area contributed by atoms with E-state index in [1.54, 1.807) is 0 Å². The lowest BCUT2D eigenvalue weighted by Gasteiger charge is -2.18. The van der Waals surface area contributed by atoms with E-state index in [1.807, 2.05) is 0 Å². The monoisotopic (exact) mass is 222 g/mol. The Labute approximate surface area is 89.2 Å². The standard InChI is InChI=1S/C10H6O6/c11-7-3-1-4-6(10(14)16-8(4)12)2-5(3)9(13)15-7/h1,3,5-6H,2H2. The van der Waals surface area contributed by atoms with E-state index in [1.165, 1.54) is 6.08 Å². The van der Waals surface area contributed by atoms with Gasteiger partial charge in [-0.1, -0.05) is 6.08 Å². The fraction of sp³-hybridized carbons (Fsp3) is 0.400. The van der Waals surface area contributed by atoms with E-state index < -0.39 is 41.6 Å². The third-order valence-electron chi connectivity index (χ3n) is 3.15. The molecule has 3 unspecified atom stereocenters. The molecular formula is C10H6O6. The van der Waals surface area contributed by atoms with Gasteiger partial charge in [-0.2, -0.15) is 0 Å². The second-order valence-corrected chi connectivity index (χ2v) is 3.99. The predicted octanol–water partition coefficient (Wildman–Crippen LogP) is -0.668. The first kappa shape index (κ1) is 9.26. The van der Waals surface area contributed by atoms with Gasteiger partial charge in [0.15, 0.2) is 0 Å². The Kier molecular flexibility index (Phi) is 1.61. The molecule has 0 aromatic carbocycles. The Balaban J connectivity index is 2.05. The van der Waals surface area contributed by atoms with Crippen LogP contribution in [0.4, 0.5) is 0 Å². The van der Waals surface area contributed by atoms with Gasteiger partial charge in [0, 0.05) is 5.57 Å². The van der Waals surface area contributed by atoms with Crippen molar-refractivity contribution in [1.82, 2.24) is 0 Å². The molecule has 3 aliphatic rings. The summed E-state index contributed by atoms with van der Waals surface area (Å²) < 4.78 is 8.89. The maximum absolute atomic E-state index is 11.3. The summed E-state index contributed by atoms with van der Waals surface area (Å²) in [7, 11) is 0. The maximum atomic E-state index is 11.3. The summed E-state index contributed by atoms with van der Waals surface area (Å²) in [6.45, 7) is 0. The van der Waals surface area contributed by atoms with Crippen LogP contribution in [-0.4, -0.2) is 23.9 Å². The van der Waals surface area contributed by atoms with Crippen LogP contribution in [0.15, 0.2) is 11.6 Å². The van der Waals surface area contributed by atoms with E-state index in [0.29, 0.717) is 0 Å². The van der Waals surface area contributed by atoms with Crippen LogP contribution in [0.5, 0.6) is 0 Å². The number of esters is 4. The highest BCUT2D eigenvalue weighted by atomic mass is 16.6. The number of hydrogen-bond acceptors (Lipinski definition) is 6. The number of ether oxygens (including phenoxy) is 2. The third-order valence-corrected chi connectivity index (χ3v) is 3.15. The van der Waals surface area contributed by atoms with E-state index in [9.17, 15) is 19.2 Å². The highest BCUT2D eigenvalue weighted by molar-refractivity contribution is 6.09. The van der Waals surface area contributed by atoms with Crippen LogP contribution >= 0.6 is 0 Å². The van der Waals surface area contributed by atoms with Crippen molar-refractivity contribution in [2.75, 3.05) is 0 Å². The van der Waals surface area contributed by atoms with Gasteiger partial charge in [-0.15, -0.1) is 0 Å². The van der Waals surface area contributed by atoms with Crippen molar-refractivity contribution in [3.63, 3.8) is 0 Å². The van der Waals surface area contributed by atoms with Gasteiger partial charge in [0.05, 0.1) is 17.8 Å². The Morgan fingerprint density at radius 1 is 1.00 bits per heavy atom. The molecule has 2 fully saturated rings. The third kappa shape index (κ3) is 1.01. The number of rotatable bonds is 0. The molecule has 2 saturated heterocycles. The van der Waals surface area contributed by atoms with E-state index >= 15 is 0 Å². The van der Waals surface area contributed by atoms with Crippen LogP contribution in [0.3, 0.4) is 0 Å². The molecule has 3 rings (SSSR count). The fourth-order valence-corrected chi connectivity index (χ4v) is 2.33. The van der Waals surface area contributed by atoms with Gasteiger partial charge in [0.2, 0.25) is 0 Å². The predicted molar refractivity (Wildman–Crippen MR) is 45.4 cm³/mol. The number of hydrogen-bond donors (Lipinski definition) is 0. The molecule has 6 heteroatoms. The summed E-state index contributed by atoms with van der Waals surface area (Å²) in [5.74, 6) is -4.77. The van der Waals surface area contributed by atoms with Crippen molar-refractivity contribution in [2.45, 2.75) is 6.42 Å². The normalized spacial score (nSPS) is 36.5. The molecule has 82 valence electrons. The Hall–Kier alpha value is -1.98. The van der Waals surface area contributed by atoms with E-state index in [-0.39, 0.29) is 12.0 Å². The fourth-order valence-electron chi connectivity index (χ4n) is 2.33. The van der Waals surface area contributed by atoms with Gasteiger partial charge in [-0.3, -0.25) is 14.4 Å². The largest absolute Gasteiger partial charge is 0.392 e. The lowest BCUT2D eigenvalue weighted by Crippen LogP contribution is -2.27. The Morgan fingerprint density at radius 2 is 1.75 bits per heavy atom. The van der Waals surface area contributed by atoms with E-state index in [0.717, 1.165) is 0 Å². The summed E-state index contributed by atoms with van der Waals surface area (Å²) in [5.41, 5.74) is 0.179. The van der Waals surface area contributed by atoms with Crippen LogP contribution in [-0.2, 0) is 28.7 Å². The molecule has 0 radical (unpaired) electrons. The van der Waals surface area contributed by atoms with Crippen LogP contribution in [0.25, 0.3) is 0 Å². The molecule has 2 aliphatic heterocycles. The van der Waals surface area contributed by atoms with Crippen molar-refractivity contribution in [1.29, 1.82) is 0 Å². The zero-order chi connectivity index (χ0) is 11.4. The topological polar surface area (TPSA) is 86.7 Å². The van der Waals surface area contributed by atoms with E-state index in [4.69, 9.17) is 0 Å². The second-order valence-electron chi connectivity index (χ2n) is 3.99. The number of carbonyl (C=O) groups is 4. The molecule has 0 saturated carbocycles. The van der Waals surface area contributed by atoms with Crippen molar-refractivity contribution >= 4 is 23.9 Å². The van der Waals surface area contributed by atoms with E-state index in [2.05, 4.69) is 9.47 Å². The number of carbonyl (C=O) groups excluding carboxylic acids is 4. The van der Waals surface area contributed by atoms with Gasteiger partial charge in [0.25, 0.3) is 0 Å². The molecule has 0 amide bonds. The molecule has 6 nitrogen and oxygen atoms in total. The lowest BCUT2D eigenvalue weighted by molar-refractivity contribution is -0.153. The zero-order valence-electron chi connectivity index (χ0n) is 7.97. The molecule has 3 atom stereocenters. The minimum atomic E-state index is -0.739. The SMILES string of the molecule is O=C1OC(=O)C2CC3C(=O)OC(=O)C3C=C12. The first-order chi connectivity index (χ1) is 7.58. The molecule has 2 heterocycles. The smallest absolute Gasteiger partial charge is 0.342 e. The molecule has 0 bridgehead atoms. The summed E-state index contributed by atoms with van der Waals surface area (Å²) in [6.07, 6.45) is 1.45. The molecule has 16 heavy (non-hydrogen) atoms. The summed E-state index contributed by atoms with van der Waals surface area (Å²) >= 11 is 0. The molecule has 0 N–H and O–H groups in total. The molecule has 0 aromatic heterocycles. The van der Waals surface area contributed by atoms with Crippen LogP contribution < -0.4 is 0 Å².